The summed E-state index contributed by atoms with van der Waals surface area (Å²) in [5.41, 5.74) is 4.05. The Morgan fingerprint density at radius 3 is 2.27 bits per heavy atom. The summed E-state index contributed by atoms with van der Waals surface area (Å²) < 4.78 is 5.46. The van der Waals surface area contributed by atoms with Gasteiger partial charge in [0.1, 0.15) is 0 Å². The van der Waals surface area contributed by atoms with Crippen molar-refractivity contribution in [3.8, 4) is 11.1 Å². The first-order valence-corrected chi connectivity index (χ1v) is 10.1. The number of hydrogen-bond donors (Lipinski definition) is 0. The van der Waals surface area contributed by atoms with Crippen molar-refractivity contribution in [1.82, 2.24) is 0 Å². The van der Waals surface area contributed by atoms with Crippen LogP contribution in [0.25, 0.3) is 11.1 Å². The maximum atomic E-state index is 12.3. The van der Waals surface area contributed by atoms with Gasteiger partial charge in [0, 0.05) is 0 Å². The van der Waals surface area contributed by atoms with Crippen LogP contribution in [0.15, 0.2) is 48.5 Å². The molecule has 2 nitrogen and oxygen atoms in total. The molecular formula is C24H32O2. The van der Waals surface area contributed by atoms with Gasteiger partial charge in [-0.05, 0) is 42.2 Å². The molecule has 140 valence electrons. The van der Waals surface area contributed by atoms with E-state index in [1.54, 1.807) is 0 Å². The number of esters is 1. The summed E-state index contributed by atoms with van der Waals surface area (Å²) in [5.74, 6) is -0.219. The van der Waals surface area contributed by atoms with Crippen molar-refractivity contribution in [3.05, 3.63) is 59.7 Å². The predicted molar refractivity (Wildman–Crippen MR) is 110 cm³/mol. The van der Waals surface area contributed by atoms with Crippen molar-refractivity contribution in [1.29, 1.82) is 0 Å². The zero-order valence-corrected chi connectivity index (χ0v) is 16.3. The van der Waals surface area contributed by atoms with E-state index in [9.17, 15) is 4.79 Å². The Morgan fingerprint density at radius 2 is 1.54 bits per heavy atom. The molecule has 0 bridgehead atoms. The van der Waals surface area contributed by atoms with E-state index in [2.05, 4.69) is 26.0 Å². The van der Waals surface area contributed by atoms with Crippen LogP contribution in [-0.2, 0) is 4.74 Å². The molecule has 2 aromatic rings. The van der Waals surface area contributed by atoms with Crippen molar-refractivity contribution in [2.45, 2.75) is 65.2 Å². The van der Waals surface area contributed by atoms with Gasteiger partial charge in [0.15, 0.2) is 0 Å². The Balaban J connectivity index is 1.75. The fourth-order valence-corrected chi connectivity index (χ4v) is 3.19. The third-order valence-corrected chi connectivity index (χ3v) is 4.79. The molecule has 0 aliphatic rings. The van der Waals surface area contributed by atoms with E-state index in [0.717, 1.165) is 24.0 Å². The molecule has 0 saturated carbocycles. The smallest absolute Gasteiger partial charge is 0.338 e. The monoisotopic (exact) mass is 352 g/mol. The van der Waals surface area contributed by atoms with E-state index < -0.39 is 0 Å². The van der Waals surface area contributed by atoms with Gasteiger partial charge in [-0.3, -0.25) is 0 Å². The summed E-state index contributed by atoms with van der Waals surface area (Å²) in [6, 6.07) is 15.9. The molecule has 0 unspecified atom stereocenters. The number of hydrogen-bond acceptors (Lipinski definition) is 2. The molecule has 0 spiro atoms. The highest BCUT2D eigenvalue weighted by Crippen LogP contribution is 2.24. The summed E-state index contributed by atoms with van der Waals surface area (Å²) in [7, 11) is 0. The molecule has 0 atom stereocenters. The second-order valence-corrected chi connectivity index (χ2v) is 7.01. The number of ether oxygens (including phenoxy) is 1. The zero-order valence-electron chi connectivity index (χ0n) is 16.3. The molecule has 2 aromatic carbocycles. The van der Waals surface area contributed by atoms with Crippen molar-refractivity contribution < 1.29 is 9.53 Å². The van der Waals surface area contributed by atoms with Gasteiger partial charge in [0.25, 0.3) is 0 Å². The minimum Gasteiger partial charge on any atom is -0.462 e. The van der Waals surface area contributed by atoms with Crippen molar-refractivity contribution >= 4 is 5.97 Å². The number of benzene rings is 2. The number of unbranched alkanes of at least 4 members (excludes halogenated alkanes) is 7. The SMILES string of the molecule is CCCCCCCCCCOC(=O)c1cccc(-c2ccccc2C)c1. The topological polar surface area (TPSA) is 26.3 Å². The van der Waals surface area contributed by atoms with E-state index in [4.69, 9.17) is 4.74 Å². The van der Waals surface area contributed by atoms with Crippen LogP contribution < -0.4 is 0 Å². The normalized spacial score (nSPS) is 10.7. The molecule has 0 radical (unpaired) electrons. The molecule has 26 heavy (non-hydrogen) atoms. The summed E-state index contributed by atoms with van der Waals surface area (Å²) in [6.07, 6.45) is 9.96. The Labute approximate surface area is 158 Å². The first kappa shape index (κ1) is 20.2. The Hall–Kier alpha value is -2.09. The lowest BCUT2D eigenvalue weighted by molar-refractivity contribution is 0.0497. The first-order valence-electron chi connectivity index (χ1n) is 10.1. The van der Waals surface area contributed by atoms with Crippen LogP contribution in [0, 0.1) is 6.92 Å². The molecule has 2 rings (SSSR count). The van der Waals surface area contributed by atoms with Crippen LogP contribution >= 0.6 is 0 Å². The standard InChI is InChI=1S/C24H32O2/c1-3-4-5-6-7-8-9-12-18-26-24(25)22-16-13-15-21(19-22)23-17-11-10-14-20(23)2/h10-11,13-17,19H,3-9,12,18H2,1-2H3. The van der Waals surface area contributed by atoms with Gasteiger partial charge in [0.2, 0.25) is 0 Å². The summed E-state index contributed by atoms with van der Waals surface area (Å²) >= 11 is 0. The van der Waals surface area contributed by atoms with Crippen LogP contribution in [0.2, 0.25) is 0 Å². The van der Waals surface area contributed by atoms with Crippen molar-refractivity contribution in [3.63, 3.8) is 0 Å². The van der Waals surface area contributed by atoms with Crippen LogP contribution in [0.3, 0.4) is 0 Å². The second-order valence-electron chi connectivity index (χ2n) is 7.01. The van der Waals surface area contributed by atoms with Gasteiger partial charge >= 0.3 is 5.97 Å². The van der Waals surface area contributed by atoms with Crippen LogP contribution in [0.4, 0.5) is 0 Å². The van der Waals surface area contributed by atoms with Crippen molar-refractivity contribution in [2.24, 2.45) is 0 Å². The maximum Gasteiger partial charge on any atom is 0.338 e. The number of carbonyl (C=O) groups is 1. The van der Waals surface area contributed by atoms with E-state index in [1.165, 1.54) is 44.1 Å². The van der Waals surface area contributed by atoms with Crippen LogP contribution in [0.5, 0.6) is 0 Å². The molecule has 0 saturated heterocycles. The average molecular weight is 353 g/mol. The summed E-state index contributed by atoms with van der Waals surface area (Å²) in [4.78, 5) is 12.3. The highest BCUT2D eigenvalue weighted by atomic mass is 16.5. The average Bonchev–Trinajstić information content (AvgIpc) is 2.67. The molecular weight excluding hydrogens is 320 g/mol. The minimum atomic E-state index is -0.219. The third kappa shape index (κ3) is 6.67. The van der Waals surface area contributed by atoms with Gasteiger partial charge in [0.05, 0.1) is 12.2 Å². The number of aryl methyl sites for hydroxylation is 1. The number of carbonyl (C=O) groups excluding carboxylic acids is 1. The second kappa shape index (κ2) is 11.5. The summed E-state index contributed by atoms with van der Waals surface area (Å²) in [6.45, 7) is 4.84. The molecule has 0 amide bonds. The molecule has 0 aliphatic heterocycles. The Kier molecular flexibility index (Phi) is 8.95. The molecule has 2 heteroatoms. The third-order valence-electron chi connectivity index (χ3n) is 4.79. The van der Waals surface area contributed by atoms with E-state index in [0.29, 0.717) is 12.2 Å². The van der Waals surface area contributed by atoms with Gasteiger partial charge < -0.3 is 4.74 Å². The lowest BCUT2D eigenvalue weighted by Gasteiger charge is -2.09. The molecule has 0 heterocycles. The number of rotatable bonds is 11. The highest BCUT2D eigenvalue weighted by Gasteiger charge is 2.09. The van der Waals surface area contributed by atoms with Gasteiger partial charge in [-0.2, -0.15) is 0 Å². The largest absolute Gasteiger partial charge is 0.462 e. The highest BCUT2D eigenvalue weighted by molar-refractivity contribution is 5.91. The van der Waals surface area contributed by atoms with Crippen LogP contribution in [-0.4, -0.2) is 12.6 Å². The van der Waals surface area contributed by atoms with Crippen LogP contribution in [0.1, 0.15) is 74.2 Å². The fraction of sp³-hybridized carbons (Fsp3) is 0.458. The van der Waals surface area contributed by atoms with E-state index in [-0.39, 0.29) is 5.97 Å². The van der Waals surface area contributed by atoms with E-state index >= 15 is 0 Å². The molecule has 0 N–H and O–H groups in total. The quantitative estimate of drug-likeness (QED) is 0.323. The molecule has 0 aliphatic carbocycles. The maximum absolute atomic E-state index is 12.3. The predicted octanol–water partition coefficient (Wildman–Crippen LogP) is 6.96. The Bertz CT molecular complexity index is 675. The lowest BCUT2D eigenvalue weighted by atomic mass is 9.99. The molecule has 0 fully saturated rings. The van der Waals surface area contributed by atoms with E-state index in [1.807, 2.05) is 36.4 Å². The molecule has 0 aromatic heterocycles. The van der Waals surface area contributed by atoms with Crippen molar-refractivity contribution in [2.75, 3.05) is 6.61 Å². The summed E-state index contributed by atoms with van der Waals surface area (Å²) in [5, 5.41) is 0. The van der Waals surface area contributed by atoms with Gasteiger partial charge in [-0.15, -0.1) is 0 Å². The minimum absolute atomic E-state index is 0.219. The lowest BCUT2D eigenvalue weighted by Crippen LogP contribution is -2.06. The fourth-order valence-electron chi connectivity index (χ4n) is 3.19. The Morgan fingerprint density at radius 1 is 0.846 bits per heavy atom. The first-order chi connectivity index (χ1) is 12.7. The van der Waals surface area contributed by atoms with Gasteiger partial charge in [-0.25, -0.2) is 4.79 Å². The van der Waals surface area contributed by atoms with Gasteiger partial charge in [-0.1, -0.05) is 88.3 Å². The zero-order chi connectivity index (χ0) is 18.6.